The second kappa shape index (κ2) is 8.24. The lowest BCUT2D eigenvalue weighted by Gasteiger charge is -2.02. The van der Waals surface area contributed by atoms with Crippen LogP contribution in [0.1, 0.15) is 11.1 Å². The molecule has 0 bridgehead atoms. The quantitative estimate of drug-likeness (QED) is 0.439. The van der Waals surface area contributed by atoms with Crippen molar-refractivity contribution in [3.8, 4) is 0 Å². The summed E-state index contributed by atoms with van der Waals surface area (Å²) in [5.74, 6) is -0.676. The van der Waals surface area contributed by atoms with Gasteiger partial charge in [0.2, 0.25) is 5.91 Å². The fourth-order valence-corrected chi connectivity index (χ4v) is 2.06. The molecule has 0 atom stereocenters. The number of carbonyl (C=O) groups excluding carboxylic acids is 1. The van der Waals surface area contributed by atoms with Gasteiger partial charge in [0.1, 0.15) is 0 Å². The van der Waals surface area contributed by atoms with Gasteiger partial charge in [-0.15, -0.1) is 0 Å². The van der Waals surface area contributed by atoms with Gasteiger partial charge in [-0.25, -0.2) is 5.43 Å². The molecule has 0 aromatic heterocycles. The molecule has 27 heavy (non-hydrogen) atoms. The Morgan fingerprint density at radius 3 is 2.07 bits per heavy atom. The number of nitro groups is 3. The molecule has 0 saturated heterocycles. The molecule has 0 radical (unpaired) electrons. The molecule has 12 nitrogen and oxygen atoms in total. The minimum absolute atomic E-state index is 0.00589. The van der Waals surface area contributed by atoms with Crippen LogP contribution in [0.25, 0.3) is 0 Å². The van der Waals surface area contributed by atoms with E-state index in [0.29, 0.717) is 5.56 Å². The molecule has 2 rings (SSSR count). The molecule has 12 heteroatoms. The standard InChI is InChI=1S/C15H11N5O7/c21-15(17-16-9-10-1-4-12(5-2-10)18(22)23)7-11-3-6-13(19(24)25)8-14(11)20(26)27/h1-6,8-9H,7H2,(H,17,21). The van der Waals surface area contributed by atoms with E-state index < -0.39 is 38.5 Å². The fourth-order valence-electron chi connectivity index (χ4n) is 2.06. The lowest BCUT2D eigenvalue weighted by Crippen LogP contribution is -2.20. The number of benzene rings is 2. The van der Waals surface area contributed by atoms with E-state index in [1.54, 1.807) is 0 Å². The minimum Gasteiger partial charge on any atom is -0.273 e. The van der Waals surface area contributed by atoms with Crippen LogP contribution in [0.2, 0.25) is 0 Å². The molecule has 0 unspecified atom stereocenters. The Morgan fingerprint density at radius 2 is 1.52 bits per heavy atom. The number of rotatable bonds is 7. The summed E-state index contributed by atoms with van der Waals surface area (Å²) in [5, 5.41) is 35.9. The maximum Gasteiger partial charge on any atom is 0.279 e. The van der Waals surface area contributed by atoms with Crippen molar-refractivity contribution in [2.45, 2.75) is 6.42 Å². The largest absolute Gasteiger partial charge is 0.279 e. The topological polar surface area (TPSA) is 171 Å². The highest BCUT2D eigenvalue weighted by atomic mass is 16.6. The van der Waals surface area contributed by atoms with Gasteiger partial charge in [0.25, 0.3) is 17.1 Å². The molecule has 2 aromatic carbocycles. The molecule has 2 aromatic rings. The predicted octanol–water partition coefficient (Wildman–Crippen LogP) is 2.10. The van der Waals surface area contributed by atoms with Crippen LogP contribution in [0.5, 0.6) is 0 Å². The zero-order valence-corrected chi connectivity index (χ0v) is 13.5. The Kier molecular flexibility index (Phi) is 5.83. The number of non-ortho nitro benzene ring substituents is 2. The first kappa shape index (κ1) is 19.1. The summed E-state index contributed by atoms with van der Waals surface area (Å²) in [6.07, 6.45) is 0.831. The summed E-state index contributed by atoms with van der Waals surface area (Å²) < 4.78 is 0. The first-order chi connectivity index (χ1) is 12.8. The van der Waals surface area contributed by atoms with Gasteiger partial charge in [-0.3, -0.25) is 35.1 Å². The van der Waals surface area contributed by atoms with Gasteiger partial charge in [-0.05, 0) is 23.8 Å². The Morgan fingerprint density at radius 1 is 0.926 bits per heavy atom. The van der Waals surface area contributed by atoms with Crippen LogP contribution < -0.4 is 5.43 Å². The molecule has 0 saturated carbocycles. The van der Waals surface area contributed by atoms with Crippen LogP contribution in [0.3, 0.4) is 0 Å². The lowest BCUT2D eigenvalue weighted by molar-refractivity contribution is -0.394. The summed E-state index contributed by atoms with van der Waals surface area (Å²) in [4.78, 5) is 42.0. The Labute approximate surface area is 150 Å². The summed E-state index contributed by atoms with van der Waals surface area (Å²) in [6, 6.07) is 8.37. The number of hydrogen-bond acceptors (Lipinski definition) is 8. The van der Waals surface area contributed by atoms with E-state index in [4.69, 9.17) is 0 Å². The third kappa shape index (κ3) is 5.12. The SMILES string of the molecule is O=C(Cc1ccc([N+](=O)[O-])cc1[N+](=O)[O-])NN=Cc1ccc([N+](=O)[O-])cc1. The summed E-state index contributed by atoms with van der Waals surface area (Å²) >= 11 is 0. The highest BCUT2D eigenvalue weighted by molar-refractivity contribution is 5.84. The van der Waals surface area contributed by atoms with Crippen molar-refractivity contribution < 1.29 is 19.6 Å². The first-order valence-electron chi connectivity index (χ1n) is 7.26. The van der Waals surface area contributed by atoms with Gasteiger partial charge in [0.15, 0.2) is 0 Å². The maximum atomic E-state index is 11.9. The van der Waals surface area contributed by atoms with Crippen molar-refractivity contribution in [2.75, 3.05) is 0 Å². The Hall–Kier alpha value is -4.22. The molecule has 0 spiro atoms. The lowest BCUT2D eigenvalue weighted by atomic mass is 10.1. The number of nitrogens with one attached hydrogen (secondary N) is 1. The van der Waals surface area contributed by atoms with E-state index in [9.17, 15) is 35.1 Å². The summed E-state index contributed by atoms with van der Waals surface area (Å²) in [6.45, 7) is 0. The van der Waals surface area contributed by atoms with E-state index >= 15 is 0 Å². The van der Waals surface area contributed by atoms with Crippen LogP contribution in [0.4, 0.5) is 17.1 Å². The Balaban J connectivity index is 2.04. The van der Waals surface area contributed by atoms with Crippen molar-refractivity contribution in [3.05, 3.63) is 83.9 Å². The molecular formula is C15H11N5O7. The normalized spacial score (nSPS) is 10.5. The maximum absolute atomic E-state index is 11.9. The molecule has 0 aliphatic rings. The van der Waals surface area contributed by atoms with Gasteiger partial charge < -0.3 is 0 Å². The van der Waals surface area contributed by atoms with Crippen molar-refractivity contribution >= 4 is 29.2 Å². The zero-order valence-electron chi connectivity index (χ0n) is 13.5. The van der Waals surface area contributed by atoms with Gasteiger partial charge in [-0.1, -0.05) is 0 Å². The second-order valence-electron chi connectivity index (χ2n) is 5.15. The summed E-state index contributed by atoms with van der Waals surface area (Å²) in [5.41, 5.74) is 1.55. The predicted molar refractivity (Wildman–Crippen MR) is 92.3 cm³/mol. The number of amides is 1. The number of nitro benzene ring substituents is 3. The average Bonchev–Trinajstić information content (AvgIpc) is 2.62. The van der Waals surface area contributed by atoms with E-state index in [1.807, 2.05) is 0 Å². The fraction of sp³-hybridized carbons (Fsp3) is 0.0667. The van der Waals surface area contributed by atoms with Gasteiger partial charge in [0, 0.05) is 23.8 Å². The number of nitrogens with zero attached hydrogens (tertiary/aromatic N) is 4. The first-order valence-corrected chi connectivity index (χ1v) is 7.26. The van der Waals surface area contributed by atoms with E-state index in [2.05, 4.69) is 10.5 Å². The van der Waals surface area contributed by atoms with Crippen molar-refractivity contribution in [1.29, 1.82) is 0 Å². The highest BCUT2D eigenvalue weighted by Crippen LogP contribution is 2.25. The van der Waals surface area contributed by atoms with Crippen LogP contribution >= 0.6 is 0 Å². The van der Waals surface area contributed by atoms with E-state index in [1.165, 1.54) is 30.5 Å². The molecule has 0 heterocycles. The van der Waals surface area contributed by atoms with E-state index in [-0.39, 0.29) is 11.3 Å². The zero-order chi connectivity index (χ0) is 20.0. The molecule has 1 amide bonds. The van der Waals surface area contributed by atoms with Crippen LogP contribution in [0, 0.1) is 30.3 Å². The third-order valence-corrected chi connectivity index (χ3v) is 3.33. The van der Waals surface area contributed by atoms with Gasteiger partial charge in [-0.2, -0.15) is 5.10 Å². The Bertz CT molecular complexity index is 940. The molecule has 0 fully saturated rings. The van der Waals surface area contributed by atoms with E-state index in [0.717, 1.165) is 18.2 Å². The average molecular weight is 373 g/mol. The van der Waals surface area contributed by atoms with Gasteiger partial charge >= 0.3 is 0 Å². The second-order valence-corrected chi connectivity index (χ2v) is 5.15. The van der Waals surface area contributed by atoms with Crippen LogP contribution in [0.15, 0.2) is 47.6 Å². The van der Waals surface area contributed by atoms with Crippen molar-refractivity contribution in [1.82, 2.24) is 5.43 Å². The molecular weight excluding hydrogens is 362 g/mol. The summed E-state index contributed by atoms with van der Waals surface area (Å²) in [7, 11) is 0. The third-order valence-electron chi connectivity index (χ3n) is 3.33. The number of hydrogen-bond donors (Lipinski definition) is 1. The van der Waals surface area contributed by atoms with Crippen LogP contribution in [-0.2, 0) is 11.2 Å². The highest BCUT2D eigenvalue weighted by Gasteiger charge is 2.20. The molecule has 138 valence electrons. The molecule has 0 aliphatic heterocycles. The smallest absolute Gasteiger partial charge is 0.273 e. The van der Waals surface area contributed by atoms with Crippen molar-refractivity contribution in [2.24, 2.45) is 5.10 Å². The molecule has 1 N–H and O–H groups in total. The monoisotopic (exact) mass is 373 g/mol. The van der Waals surface area contributed by atoms with Crippen LogP contribution in [-0.4, -0.2) is 26.9 Å². The van der Waals surface area contributed by atoms with Gasteiger partial charge in [0.05, 0.1) is 33.5 Å². The minimum atomic E-state index is -0.810. The number of carbonyl (C=O) groups is 1. The molecule has 0 aliphatic carbocycles. The number of hydrazone groups is 1. The van der Waals surface area contributed by atoms with Crippen molar-refractivity contribution in [3.63, 3.8) is 0 Å².